The quantitative estimate of drug-likeness (QED) is 0.910. The van der Waals surface area contributed by atoms with Crippen molar-refractivity contribution in [2.24, 2.45) is 0 Å². The lowest BCUT2D eigenvalue weighted by Crippen LogP contribution is -2.15. The molecule has 1 unspecified atom stereocenters. The minimum Gasteiger partial charge on any atom is -0.454 e. The average molecular weight is 277 g/mol. The van der Waals surface area contributed by atoms with Crippen molar-refractivity contribution in [2.75, 3.05) is 12.1 Å². The fourth-order valence-corrected chi connectivity index (χ4v) is 2.56. The molecule has 0 bridgehead atoms. The van der Waals surface area contributed by atoms with E-state index in [1.54, 1.807) is 5.51 Å². The highest BCUT2D eigenvalue weighted by molar-refractivity contribution is 7.13. The maximum Gasteiger partial charge on any atom is 0.231 e. The van der Waals surface area contributed by atoms with Gasteiger partial charge in [-0.1, -0.05) is 17.4 Å². The molecular weight excluding hydrogens is 262 g/mol. The van der Waals surface area contributed by atoms with Crippen LogP contribution in [0.25, 0.3) is 0 Å². The summed E-state index contributed by atoms with van der Waals surface area (Å²) in [4.78, 5) is 0. The standard InChI is InChI=1S/C13H15N3O2S/c1-9(15-13-16-14-7-19-13)2-3-10-4-5-11-12(6-10)18-8-17-11/h4-7,9H,2-3,8H2,1H3,(H,15,16). The van der Waals surface area contributed by atoms with Gasteiger partial charge in [-0.15, -0.1) is 10.2 Å². The molecule has 0 saturated carbocycles. The summed E-state index contributed by atoms with van der Waals surface area (Å²) < 4.78 is 10.7. The zero-order valence-corrected chi connectivity index (χ0v) is 11.4. The Labute approximate surface area is 115 Å². The molecule has 0 aliphatic carbocycles. The molecule has 2 heterocycles. The van der Waals surface area contributed by atoms with E-state index in [-0.39, 0.29) is 0 Å². The predicted octanol–water partition coefficient (Wildman–Crippen LogP) is 2.70. The van der Waals surface area contributed by atoms with E-state index in [1.165, 1.54) is 16.9 Å². The minimum atomic E-state index is 0.327. The SMILES string of the molecule is CC(CCc1ccc2c(c1)OCO2)Nc1nncs1. The normalized spacial score (nSPS) is 14.4. The molecule has 0 amide bonds. The number of ether oxygens (including phenoxy) is 2. The van der Waals surface area contributed by atoms with Crippen LogP contribution in [0.1, 0.15) is 18.9 Å². The van der Waals surface area contributed by atoms with Gasteiger partial charge in [0.25, 0.3) is 0 Å². The van der Waals surface area contributed by atoms with E-state index in [2.05, 4.69) is 34.6 Å². The van der Waals surface area contributed by atoms with E-state index in [0.717, 1.165) is 29.5 Å². The van der Waals surface area contributed by atoms with Crippen LogP contribution in [-0.4, -0.2) is 23.0 Å². The van der Waals surface area contributed by atoms with Crippen molar-refractivity contribution in [3.8, 4) is 11.5 Å². The number of hydrogen-bond acceptors (Lipinski definition) is 6. The molecule has 1 aliphatic rings. The van der Waals surface area contributed by atoms with Gasteiger partial charge in [-0.2, -0.15) is 0 Å². The van der Waals surface area contributed by atoms with Crippen molar-refractivity contribution >= 4 is 16.5 Å². The summed E-state index contributed by atoms with van der Waals surface area (Å²) in [5, 5.41) is 12.0. The van der Waals surface area contributed by atoms with Gasteiger partial charge in [0.1, 0.15) is 5.51 Å². The Morgan fingerprint density at radius 3 is 3.11 bits per heavy atom. The Bertz CT molecular complexity index is 545. The Hall–Kier alpha value is -1.82. The van der Waals surface area contributed by atoms with Crippen molar-refractivity contribution in [3.05, 3.63) is 29.3 Å². The second-order valence-corrected chi connectivity index (χ2v) is 5.35. The van der Waals surface area contributed by atoms with Crippen molar-refractivity contribution in [1.29, 1.82) is 0 Å². The van der Waals surface area contributed by atoms with E-state index >= 15 is 0 Å². The first kappa shape index (κ1) is 12.2. The maximum atomic E-state index is 5.38. The molecule has 1 N–H and O–H groups in total. The molecule has 2 aromatic rings. The molecule has 0 fully saturated rings. The predicted molar refractivity (Wildman–Crippen MR) is 73.9 cm³/mol. The molecule has 6 heteroatoms. The molecule has 0 spiro atoms. The number of aryl methyl sites for hydroxylation is 1. The summed E-state index contributed by atoms with van der Waals surface area (Å²) in [6.07, 6.45) is 2.02. The van der Waals surface area contributed by atoms with Crippen LogP contribution in [0.2, 0.25) is 0 Å². The fraction of sp³-hybridized carbons (Fsp3) is 0.385. The molecule has 1 aliphatic heterocycles. The van der Waals surface area contributed by atoms with Crippen LogP contribution < -0.4 is 14.8 Å². The maximum absolute atomic E-state index is 5.38. The van der Waals surface area contributed by atoms with Gasteiger partial charge in [0, 0.05) is 6.04 Å². The van der Waals surface area contributed by atoms with Crippen LogP contribution in [0.3, 0.4) is 0 Å². The Kier molecular flexibility index (Phi) is 3.50. The number of benzene rings is 1. The molecule has 0 saturated heterocycles. The third kappa shape index (κ3) is 2.96. The highest BCUT2D eigenvalue weighted by atomic mass is 32.1. The van der Waals surface area contributed by atoms with Crippen molar-refractivity contribution in [3.63, 3.8) is 0 Å². The zero-order chi connectivity index (χ0) is 13.1. The van der Waals surface area contributed by atoms with Gasteiger partial charge in [0.15, 0.2) is 11.5 Å². The van der Waals surface area contributed by atoms with Crippen molar-refractivity contribution in [1.82, 2.24) is 10.2 Å². The van der Waals surface area contributed by atoms with Crippen LogP contribution in [0.15, 0.2) is 23.7 Å². The van der Waals surface area contributed by atoms with Gasteiger partial charge >= 0.3 is 0 Å². The number of nitrogens with one attached hydrogen (secondary N) is 1. The fourth-order valence-electron chi connectivity index (χ4n) is 2.00. The molecule has 5 nitrogen and oxygen atoms in total. The monoisotopic (exact) mass is 277 g/mol. The highest BCUT2D eigenvalue weighted by Gasteiger charge is 2.13. The van der Waals surface area contributed by atoms with Gasteiger partial charge in [0.2, 0.25) is 11.9 Å². The van der Waals surface area contributed by atoms with Gasteiger partial charge in [0.05, 0.1) is 0 Å². The Morgan fingerprint density at radius 1 is 1.37 bits per heavy atom. The van der Waals surface area contributed by atoms with Gasteiger partial charge < -0.3 is 14.8 Å². The average Bonchev–Trinajstić information content (AvgIpc) is 3.06. The van der Waals surface area contributed by atoms with Gasteiger partial charge in [-0.25, -0.2) is 0 Å². The van der Waals surface area contributed by atoms with Crippen LogP contribution >= 0.6 is 11.3 Å². The summed E-state index contributed by atoms with van der Waals surface area (Å²) in [5.74, 6) is 1.69. The van der Waals surface area contributed by atoms with Gasteiger partial charge in [-0.3, -0.25) is 0 Å². The third-order valence-electron chi connectivity index (χ3n) is 3.03. The summed E-state index contributed by atoms with van der Waals surface area (Å²) in [7, 11) is 0. The minimum absolute atomic E-state index is 0.327. The lowest BCUT2D eigenvalue weighted by atomic mass is 10.1. The summed E-state index contributed by atoms with van der Waals surface area (Å²) in [6.45, 7) is 2.47. The van der Waals surface area contributed by atoms with E-state index in [4.69, 9.17) is 9.47 Å². The molecule has 1 aromatic carbocycles. The molecule has 100 valence electrons. The summed E-state index contributed by atoms with van der Waals surface area (Å²) in [5.41, 5.74) is 2.99. The Morgan fingerprint density at radius 2 is 2.26 bits per heavy atom. The Balaban J connectivity index is 1.54. The summed E-state index contributed by atoms with van der Waals surface area (Å²) in [6, 6.07) is 6.48. The van der Waals surface area contributed by atoms with E-state index in [1.807, 2.05) is 6.07 Å². The smallest absolute Gasteiger partial charge is 0.231 e. The molecule has 1 aromatic heterocycles. The zero-order valence-electron chi connectivity index (χ0n) is 10.6. The van der Waals surface area contributed by atoms with Crippen LogP contribution in [0.5, 0.6) is 11.5 Å². The first-order valence-corrected chi connectivity index (χ1v) is 7.10. The lowest BCUT2D eigenvalue weighted by Gasteiger charge is -2.12. The number of anilines is 1. The van der Waals surface area contributed by atoms with E-state index < -0.39 is 0 Å². The summed E-state index contributed by atoms with van der Waals surface area (Å²) >= 11 is 1.52. The largest absolute Gasteiger partial charge is 0.454 e. The second kappa shape index (κ2) is 5.44. The van der Waals surface area contributed by atoms with E-state index in [0.29, 0.717) is 12.8 Å². The first-order valence-electron chi connectivity index (χ1n) is 6.22. The van der Waals surface area contributed by atoms with Crippen LogP contribution in [0.4, 0.5) is 5.13 Å². The topological polar surface area (TPSA) is 56.3 Å². The van der Waals surface area contributed by atoms with Gasteiger partial charge in [-0.05, 0) is 37.5 Å². The van der Waals surface area contributed by atoms with Crippen molar-refractivity contribution < 1.29 is 9.47 Å². The number of aromatic nitrogens is 2. The van der Waals surface area contributed by atoms with Crippen LogP contribution in [-0.2, 0) is 6.42 Å². The molecule has 3 rings (SSSR count). The molecule has 19 heavy (non-hydrogen) atoms. The number of hydrogen-bond donors (Lipinski definition) is 1. The molecule has 0 radical (unpaired) electrons. The number of nitrogens with zero attached hydrogens (tertiary/aromatic N) is 2. The molecular formula is C13H15N3O2S. The number of fused-ring (bicyclic) bond motifs is 1. The third-order valence-corrected chi connectivity index (χ3v) is 3.66. The first-order chi connectivity index (χ1) is 9.31. The van der Waals surface area contributed by atoms with Crippen LogP contribution in [0, 0.1) is 0 Å². The molecule has 1 atom stereocenters. The highest BCUT2D eigenvalue weighted by Crippen LogP contribution is 2.32. The lowest BCUT2D eigenvalue weighted by molar-refractivity contribution is 0.174. The van der Waals surface area contributed by atoms with E-state index in [9.17, 15) is 0 Å². The van der Waals surface area contributed by atoms with Crippen molar-refractivity contribution in [2.45, 2.75) is 25.8 Å². The second-order valence-electron chi connectivity index (χ2n) is 4.52. The number of rotatable bonds is 5.